The number of likely N-dealkylation sites (tertiary alicyclic amines) is 2. The van der Waals surface area contributed by atoms with Crippen molar-refractivity contribution in [3.8, 4) is 5.75 Å². The van der Waals surface area contributed by atoms with Gasteiger partial charge in [-0.3, -0.25) is 0 Å². The number of furan rings is 1. The number of halogens is 1. The van der Waals surface area contributed by atoms with Crippen LogP contribution in [0.2, 0.25) is 5.02 Å². The molecule has 0 aliphatic carbocycles. The predicted molar refractivity (Wildman–Crippen MR) is 161 cm³/mol. The average Bonchev–Trinajstić information content (AvgIpc) is 3.58. The normalized spacial score (nSPS) is 20.7. The molecule has 2 aliphatic rings. The lowest BCUT2D eigenvalue weighted by atomic mass is 9.97. The van der Waals surface area contributed by atoms with Crippen molar-refractivity contribution in [3.63, 3.8) is 0 Å². The van der Waals surface area contributed by atoms with Gasteiger partial charge in [-0.05, 0) is 74.7 Å². The number of aliphatic hydroxyl groups excluding tert-OH is 1. The van der Waals surface area contributed by atoms with Gasteiger partial charge in [-0.25, -0.2) is 4.79 Å². The van der Waals surface area contributed by atoms with Gasteiger partial charge in [0.15, 0.2) is 0 Å². The van der Waals surface area contributed by atoms with E-state index in [9.17, 15) is 9.90 Å². The Kier molecular flexibility index (Phi) is 9.52. The molecule has 0 amide bonds. The first kappa shape index (κ1) is 29.4. The molecule has 2 aliphatic heterocycles. The number of aliphatic hydroxyl groups is 1. The van der Waals surface area contributed by atoms with E-state index in [-0.39, 0.29) is 11.8 Å². The van der Waals surface area contributed by atoms with Crippen LogP contribution in [0.1, 0.15) is 42.2 Å². The first-order chi connectivity index (χ1) is 19.8. The van der Waals surface area contributed by atoms with Crippen molar-refractivity contribution in [2.24, 2.45) is 11.7 Å². The molecule has 2 fully saturated rings. The molecule has 2 aromatic carbocycles. The van der Waals surface area contributed by atoms with E-state index < -0.39 is 5.97 Å². The van der Waals surface area contributed by atoms with Crippen molar-refractivity contribution in [1.82, 2.24) is 14.8 Å². The zero-order valence-corrected chi connectivity index (χ0v) is 24.1. The van der Waals surface area contributed by atoms with Crippen LogP contribution in [0.4, 0.5) is 0 Å². The van der Waals surface area contributed by atoms with Crippen LogP contribution in [0, 0.1) is 5.92 Å². The topological polar surface area (TPSA) is 128 Å². The highest BCUT2D eigenvalue weighted by Crippen LogP contribution is 2.29. The van der Waals surface area contributed by atoms with Crippen LogP contribution < -0.4 is 10.5 Å². The molecular formula is C31H39ClN4O5. The minimum atomic E-state index is -1.01. The van der Waals surface area contributed by atoms with E-state index in [0.717, 1.165) is 80.4 Å². The molecule has 0 saturated carbocycles. The Balaban J connectivity index is 0.000000175. The number of fused-ring (bicyclic) bond motifs is 2. The molecule has 10 heteroatoms. The standard InChI is InChI=1S/C18H12ClNO4.C13H27N3O/c19-11-4-5-17-12(6-11)10(9-24-17)8-23-16-3-1-2-14-13(16)7-15(20-14)18(21)22;1-11-10-16(7-4-13(11)17)9-8-15-5-2-12(14)3-6-15/h1-7,9,20H,8H2,(H,21,22);11-13,17H,2-10,14H2,1H3/t;11-,13-/m.0/s1. The van der Waals surface area contributed by atoms with E-state index in [0.29, 0.717) is 34.9 Å². The van der Waals surface area contributed by atoms with Crippen molar-refractivity contribution in [2.75, 3.05) is 39.3 Å². The van der Waals surface area contributed by atoms with Gasteiger partial charge in [0.05, 0.1) is 12.4 Å². The number of benzene rings is 2. The molecule has 0 spiro atoms. The summed E-state index contributed by atoms with van der Waals surface area (Å²) < 4.78 is 11.4. The molecule has 6 rings (SSSR count). The minimum absolute atomic E-state index is 0.0840. The second-order valence-electron chi connectivity index (χ2n) is 11.2. The molecule has 4 aromatic rings. The number of ether oxygens (including phenoxy) is 1. The molecule has 9 nitrogen and oxygen atoms in total. The van der Waals surface area contributed by atoms with Gasteiger partial charge in [-0.1, -0.05) is 24.6 Å². The van der Waals surface area contributed by atoms with Crippen LogP contribution in [-0.4, -0.2) is 82.4 Å². The van der Waals surface area contributed by atoms with E-state index >= 15 is 0 Å². The minimum Gasteiger partial charge on any atom is -0.488 e. The number of carbonyl (C=O) groups is 1. The fourth-order valence-electron chi connectivity index (χ4n) is 5.57. The molecule has 2 aromatic heterocycles. The van der Waals surface area contributed by atoms with Crippen molar-refractivity contribution < 1.29 is 24.2 Å². The Morgan fingerprint density at radius 2 is 1.85 bits per heavy atom. The van der Waals surface area contributed by atoms with Crippen LogP contribution in [-0.2, 0) is 6.61 Å². The largest absolute Gasteiger partial charge is 0.488 e. The maximum Gasteiger partial charge on any atom is 0.352 e. The SMILES string of the molecule is C[C@H]1CN(CCN2CCC(N)CC2)CC[C@@H]1O.O=C(O)c1cc2c(OCc3coc4ccc(Cl)cc34)cccc2[nH]1. The first-order valence-corrected chi connectivity index (χ1v) is 14.7. The Morgan fingerprint density at radius 3 is 2.61 bits per heavy atom. The van der Waals surface area contributed by atoms with Crippen LogP contribution in [0.15, 0.2) is 53.1 Å². The highest BCUT2D eigenvalue weighted by atomic mass is 35.5. The van der Waals surface area contributed by atoms with Crippen LogP contribution in [0.25, 0.3) is 21.9 Å². The fraction of sp³-hybridized carbons (Fsp3) is 0.452. The number of aromatic amines is 1. The molecule has 0 radical (unpaired) electrons. The predicted octanol–water partition coefficient (Wildman–Crippen LogP) is 4.96. The van der Waals surface area contributed by atoms with Gasteiger partial charge in [0, 0.05) is 59.1 Å². The van der Waals surface area contributed by atoms with E-state index in [4.69, 9.17) is 31.6 Å². The van der Waals surface area contributed by atoms with Gasteiger partial charge >= 0.3 is 5.97 Å². The number of nitrogens with zero attached hydrogens (tertiary/aromatic N) is 2. The zero-order chi connectivity index (χ0) is 28.9. The number of nitrogens with one attached hydrogen (secondary N) is 1. The van der Waals surface area contributed by atoms with Crippen molar-refractivity contribution in [3.05, 3.63) is 65.0 Å². The monoisotopic (exact) mass is 582 g/mol. The van der Waals surface area contributed by atoms with Crippen molar-refractivity contribution in [1.29, 1.82) is 0 Å². The third kappa shape index (κ3) is 7.42. The summed E-state index contributed by atoms with van der Waals surface area (Å²) in [6, 6.07) is 12.8. The lowest BCUT2D eigenvalue weighted by molar-refractivity contribution is 0.0304. The quantitative estimate of drug-likeness (QED) is 0.241. The molecule has 0 unspecified atom stereocenters. The molecule has 5 N–H and O–H groups in total. The van der Waals surface area contributed by atoms with Crippen LogP contribution >= 0.6 is 11.6 Å². The fourth-order valence-corrected chi connectivity index (χ4v) is 5.74. The number of aromatic carboxylic acids is 1. The molecular weight excluding hydrogens is 544 g/mol. The van der Waals surface area contributed by atoms with Crippen LogP contribution in [0.5, 0.6) is 5.75 Å². The van der Waals surface area contributed by atoms with Crippen molar-refractivity contribution in [2.45, 2.75) is 44.9 Å². The summed E-state index contributed by atoms with van der Waals surface area (Å²) in [5.41, 5.74) is 8.36. The number of carboxylic acid groups (broad SMARTS) is 1. The maximum atomic E-state index is 11.1. The van der Waals surface area contributed by atoms with E-state index in [1.165, 1.54) is 0 Å². The number of carboxylic acids is 1. The molecule has 2 saturated heterocycles. The van der Waals surface area contributed by atoms with Gasteiger partial charge in [-0.15, -0.1) is 0 Å². The maximum absolute atomic E-state index is 11.1. The first-order valence-electron chi connectivity index (χ1n) is 14.3. The molecule has 4 heterocycles. The summed E-state index contributed by atoms with van der Waals surface area (Å²) >= 11 is 6.03. The highest BCUT2D eigenvalue weighted by Gasteiger charge is 2.24. The second-order valence-corrected chi connectivity index (χ2v) is 11.6. The smallest absolute Gasteiger partial charge is 0.352 e. The number of rotatable bonds is 7. The number of H-pyrrole nitrogens is 1. The van der Waals surface area contributed by atoms with Gasteiger partial charge in [-0.2, -0.15) is 0 Å². The number of aromatic nitrogens is 1. The lowest BCUT2D eigenvalue weighted by Crippen LogP contribution is -2.47. The van der Waals surface area contributed by atoms with Crippen LogP contribution in [0.3, 0.4) is 0 Å². The summed E-state index contributed by atoms with van der Waals surface area (Å²) in [6.45, 7) is 9.17. The third-order valence-corrected chi connectivity index (χ3v) is 8.40. The van der Waals surface area contributed by atoms with E-state index in [2.05, 4.69) is 21.7 Å². The highest BCUT2D eigenvalue weighted by molar-refractivity contribution is 6.31. The van der Waals surface area contributed by atoms with Gasteiger partial charge in [0.1, 0.15) is 23.6 Å². The molecule has 2 atom stereocenters. The Hall–Kier alpha value is -3.08. The number of hydrogen-bond acceptors (Lipinski definition) is 7. The lowest BCUT2D eigenvalue weighted by Gasteiger charge is -2.36. The number of nitrogens with two attached hydrogens (primary N) is 1. The number of piperidine rings is 2. The summed E-state index contributed by atoms with van der Waals surface area (Å²) in [5.74, 6) is 0.0266. The summed E-state index contributed by atoms with van der Waals surface area (Å²) in [6.07, 6.45) is 4.79. The molecule has 41 heavy (non-hydrogen) atoms. The second kappa shape index (κ2) is 13.3. The van der Waals surface area contributed by atoms with Gasteiger partial charge in [0.2, 0.25) is 0 Å². The Bertz CT molecular complexity index is 1460. The third-order valence-electron chi connectivity index (χ3n) is 8.16. The van der Waals surface area contributed by atoms with Gasteiger partial charge < -0.3 is 39.9 Å². The zero-order valence-electron chi connectivity index (χ0n) is 23.4. The van der Waals surface area contributed by atoms with E-state index in [1.54, 1.807) is 24.5 Å². The van der Waals surface area contributed by atoms with Gasteiger partial charge in [0.25, 0.3) is 0 Å². The Labute approximate surface area is 244 Å². The average molecular weight is 583 g/mol. The summed E-state index contributed by atoms with van der Waals surface area (Å²) in [4.78, 5) is 19.0. The summed E-state index contributed by atoms with van der Waals surface area (Å²) in [7, 11) is 0. The van der Waals surface area contributed by atoms with E-state index in [1.807, 2.05) is 24.3 Å². The summed E-state index contributed by atoms with van der Waals surface area (Å²) in [5, 5.41) is 21.0. The molecule has 0 bridgehead atoms. The molecule has 220 valence electrons. The Morgan fingerprint density at radius 1 is 1.10 bits per heavy atom. The number of hydrogen-bond donors (Lipinski definition) is 4. The van der Waals surface area contributed by atoms with Crippen molar-refractivity contribution >= 4 is 39.4 Å².